The van der Waals surface area contributed by atoms with Gasteiger partial charge in [-0.1, -0.05) is 133 Å². The van der Waals surface area contributed by atoms with Crippen LogP contribution in [0.25, 0.3) is 0 Å². The number of unbranched alkanes of at least 4 members (excludes halogenated alkanes) is 4. The highest BCUT2D eigenvalue weighted by molar-refractivity contribution is 8.29. The van der Waals surface area contributed by atoms with Gasteiger partial charge in [-0.3, -0.25) is 38.8 Å². The van der Waals surface area contributed by atoms with Crippen LogP contribution in [-0.4, -0.2) is 55.2 Å². The van der Waals surface area contributed by atoms with Crippen molar-refractivity contribution >= 4 is 127 Å². The minimum atomic E-state index is -0.270. The molecule has 0 aliphatic carbocycles. The molecular weight excluding hydrogens is 817 g/mol. The van der Waals surface area contributed by atoms with E-state index in [1.807, 2.05) is 107 Å². The summed E-state index contributed by atoms with van der Waals surface area (Å²) in [6.07, 6.45) is 4.95. The Bertz CT molecular complexity index is 2060. The number of thioether (sulfide) groups is 2. The van der Waals surface area contributed by atoms with Crippen LogP contribution < -0.4 is 9.80 Å². The lowest BCUT2D eigenvalue weighted by Crippen LogP contribution is -2.31. The molecule has 4 heterocycles. The fourth-order valence-electron chi connectivity index (χ4n) is 7.07. The highest BCUT2D eigenvalue weighted by Crippen LogP contribution is 2.49. The summed E-state index contributed by atoms with van der Waals surface area (Å²) >= 11 is 16.8. The molecule has 0 bridgehead atoms. The number of hydrogen-bond acceptors (Lipinski definition) is 10. The molecule has 8 rings (SSSR count). The molecule has 8 nitrogen and oxygen atoms in total. The average Bonchev–Trinajstić information content (AvgIpc) is 3.66. The normalized spacial score (nSPS) is 17.3. The maximum Gasteiger partial charge on any atom is 0.267 e. The smallest absolute Gasteiger partial charge is 0.267 e. The van der Waals surface area contributed by atoms with E-state index in [1.165, 1.54) is 0 Å². The maximum absolute atomic E-state index is 13.6. The highest BCUT2D eigenvalue weighted by Gasteiger charge is 2.42. The Morgan fingerprint density at radius 1 is 0.446 bits per heavy atom. The SMILES string of the molecule is O=C1C(=C2SC(=S)N(CCCCCC(=O)N3c4ccccc4Sc4ccccc43)C2=O)SC(=S)N1CCCCCC(=O)N1c2ccccc2Sc2ccccc21. The Morgan fingerprint density at radius 3 is 1.11 bits per heavy atom. The summed E-state index contributed by atoms with van der Waals surface area (Å²) in [5.41, 5.74) is 3.62. The van der Waals surface area contributed by atoms with Gasteiger partial charge in [-0.15, -0.1) is 0 Å². The Morgan fingerprint density at radius 2 is 0.768 bits per heavy atom. The van der Waals surface area contributed by atoms with E-state index in [2.05, 4.69) is 0 Å². The molecule has 0 spiro atoms. The van der Waals surface area contributed by atoms with E-state index in [0.29, 0.717) is 70.1 Å². The van der Waals surface area contributed by atoms with Crippen molar-refractivity contribution in [3.8, 4) is 0 Å². The Kier molecular flexibility index (Phi) is 12.0. The van der Waals surface area contributed by atoms with Crippen molar-refractivity contribution in [2.24, 2.45) is 0 Å². The van der Waals surface area contributed by atoms with Gasteiger partial charge in [-0.05, 0) is 74.2 Å². The van der Waals surface area contributed by atoms with Crippen LogP contribution >= 0.6 is 71.5 Å². The lowest BCUT2D eigenvalue weighted by Gasteiger charge is -2.31. The van der Waals surface area contributed by atoms with E-state index >= 15 is 0 Å². The predicted octanol–water partition coefficient (Wildman–Crippen LogP) is 10.7. The maximum atomic E-state index is 13.6. The Labute approximate surface area is 353 Å². The largest absolute Gasteiger partial charge is 0.293 e. The molecule has 2 fully saturated rings. The van der Waals surface area contributed by atoms with E-state index in [-0.39, 0.29) is 23.6 Å². The van der Waals surface area contributed by atoms with Crippen LogP contribution in [0.1, 0.15) is 51.4 Å². The minimum Gasteiger partial charge on any atom is -0.293 e. The van der Waals surface area contributed by atoms with Crippen molar-refractivity contribution in [2.75, 3.05) is 22.9 Å². The van der Waals surface area contributed by atoms with Crippen LogP contribution in [0.3, 0.4) is 0 Å². The molecule has 0 aromatic heterocycles. The van der Waals surface area contributed by atoms with Crippen LogP contribution in [0.15, 0.2) is 126 Å². The first kappa shape index (κ1) is 38.9. The molecule has 0 saturated carbocycles. The third-order valence-electron chi connectivity index (χ3n) is 9.81. The number of thiocarbonyl (C=S) groups is 2. The van der Waals surface area contributed by atoms with Crippen molar-refractivity contribution < 1.29 is 19.2 Å². The summed E-state index contributed by atoms with van der Waals surface area (Å²) in [4.78, 5) is 65.8. The monoisotopic (exact) mass is 852 g/mol. The lowest BCUT2D eigenvalue weighted by atomic mass is 10.1. The molecule has 0 N–H and O–H groups in total. The van der Waals surface area contributed by atoms with Crippen LogP contribution in [0.2, 0.25) is 0 Å². The Balaban J connectivity index is 0.802. The molecule has 4 aliphatic heterocycles. The molecule has 0 unspecified atom stereocenters. The predicted molar refractivity (Wildman–Crippen MR) is 236 cm³/mol. The second-order valence-electron chi connectivity index (χ2n) is 13.5. The second kappa shape index (κ2) is 17.3. The van der Waals surface area contributed by atoms with Gasteiger partial charge in [0.25, 0.3) is 11.8 Å². The first-order chi connectivity index (χ1) is 27.3. The zero-order valence-corrected chi connectivity index (χ0v) is 35.1. The minimum absolute atomic E-state index is 0.0420. The summed E-state index contributed by atoms with van der Waals surface area (Å²) in [7, 11) is 0. The standard InChI is InChI=1S/C42H36N4O4S6/c47-35(45-27-15-5-9-19-31(27)53-32-20-10-6-16-28(32)45)23-3-1-13-25-43-39(49)37(55-41(43)51)38-40(50)44(42(52)56-38)26-14-2-4-24-36(48)46-29-17-7-11-21-33(29)54-34-22-12-8-18-30(34)46/h5-12,15-22H,1-4,13-14,23-26H2. The van der Waals surface area contributed by atoms with Crippen molar-refractivity contribution in [1.82, 2.24) is 9.80 Å². The van der Waals surface area contributed by atoms with E-state index in [9.17, 15) is 19.2 Å². The average molecular weight is 853 g/mol. The van der Waals surface area contributed by atoms with Gasteiger partial charge < -0.3 is 0 Å². The number of amides is 4. The number of carbonyl (C=O) groups is 4. The van der Waals surface area contributed by atoms with Gasteiger partial charge in [-0.25, -0.2) is 0 Å². The molecule has 284 valence electrons. The quantitative estimate of drug-likeness (QED) is 0.0781. The molecule has 4 amide bonds. The molecule has 0 atom stereocenters. The van der Waals surface area contributed by atoms with Gasteiger partial charge in [0.1, 0.15) is 8.64 Å². The van der Waals surface area contributed by atoms with Gasteiger partial charge in [0, 0.05) is 45.5 Å². The third kappa shape index (κ3) is 7.84. The summed E-state index contributed by atoms with van der Waals surface area (Å²) < 4.78 is 0.847. The third-order valence-corrected chi connectivity index (χ3v) is 15.1. The molecule has 4 aromatic carbocycles. The van der Waals surface area contributed by atoms with E-state index in [0.717, 1.165) is 78.7 Å². The van der Waals surface area contributed by atoms with Crippen molar-refractivity contribution in [3.05, 3.63) is 107 Å². The molecule has 4 aromatic rings. The molecule has 2 saturated heterocycles. The fourth-order valence-corrected chi connectivity index (χ4v) is 12.0. The lowest BCUT2D eigenvalue weighted by molar-refractivity contribution is -0.124. The van der Waals surface area contributed by atoms with E-state index in [1.54, 1.807) is 33.3 Å². The van der Waals surface area contributed by atoms with Gasteiger partial charge >= 0.3 is 0 Å². The fraction of sp³-hybridized carbons (Fsp3) is 0.238. The van der Waals surface area contributed by atoms with Gasteiger partial charge in [-0.2, -0.15) is 0 Å². The van der Waals surface area contributed by atoms with Gasteiger partial charge in [0.15, 0.2) is 0 Å². The number of fused-ring (bicyclic) bond motifs is 4. The van der Waals surface area contributed by atoms with Crippen LogP contribution in [0.5, 0.6) is 0 Å². The van der Waals surface area contributed by atoms with E-state index in [4.69, 9.17) is 24.4 Å². The molecule has 0 radical (unpaired) electrons. The van der Waals surface area contributed by atoms with Crippen molar-refractivity contribution in [1.29, 1.82) is 0 Å². The molecule has 14 heteroatoms. The van der Waals surface area contributed by atoms with Crippen LogP contribution in [0, 0.1) is 0 Å². The highest BCUT2D eigenvalue weighted by atomic mass is 32.2. The van der Waals surface area contributed by atoms with Crippen molar-refractivity contribution in [2.45, 2.75) is 70.9 Å². The number of para-hydroxylation sites is 4. The number of carbonyl (C=O) groups excluding carboxylic acids is 4. The van der Waals surface area contributed by atoms with E-state index < -0.39 is 0 Å². The van der Waals surface area contributed by atoms with Gasteiger partial charge in [0.2, 0.25) is 11.8 Å². The number of rotatable bonds is 12. The number of hydrogen-bond donors (Lipinski definition) is 0. The van der Waals surface area contributed by atoms with Crippen molar-refractivity contribution in [3.63, 3.8) is 0 Å². The zero-order valence-electron chi connectivity index (χ0n) is 30.2. The first-order valence-electron chi connectivity index (χ1n) is 18.5. The topological polar surface area (TPSA) is 81.2 Å². The van der Waals surface area contributed by atoms with Gasteiger partial charge in [0.05, 0.1) is 32.6 Å². The number of anilines is 4. The number of nitrogens with zero attached hydrogens (tertiary/aromatic N) is 4. The summed E-state index contributed by atoms with van der Waals surface area (Å²) in [5.74, 6) is -0.456. The Hall–Kier alpha value is -3.92. The molecule has 56 heavy (non-hydrogen) atoms. The second-order valence-corrected chi connectivity index (χ2v) is 18.9. The van der Waals surface area contributed by atoms with Crippen LogP contribution in [-0.2, 0) is 19.2 Å². The zero-order chi connectivity index (χ0) is 38.8. The molecule has 4 aliphatic rings. The summed E-state index contributed by atoms with van der Waals surface area (Å²) in [5, 5.41) is 0. The number of benzene rings is 4. The summed E-state index contributed by atoms with van der Waals surface area (Å²) in [6, 6.07) is 31.9. The summed E-state index contributed by atoms with van der Waals surface area (Å²) in [6.45, 7) is 0.835. The van der Waals surface area contributed by atoms with Crippen LogP contribution in [0.4, 0.5) is 22.7 Å². The molecular formula is C42H36N4O4S6. The first-order valence-corrected chi connectivity index (χ1v) is 22.6.